The monoisotopic (exact) mass is 122 g/mol. The van der Waals surface area contributed by atoms with Crippen molar-refractivity contribution in [1.29, 1.82) is 0 Å². The molecular formula is C7H10N2. The first-order valence-electron chi connectivity index (χ1n) is 3.06. The molecule has 1 rings (SSSR count). The number of hydrogen-bond acceptors (Lipinski definition) is 1. The molecule has 0 amide bonds. The third-order valence-electron chi connectivity index (χ3n) is 1.03. The zero-order valence-electron chi connectivity index (χ0n) is 5.46. The number of H-pyrrole nitrogens is 1. The van der Waals surface area contributed by atoms with E-state index >= 15 is 0 Å². The van der Waals surface area contributed by atoms with Crippen LogP contribution in [-0.4, -0.2) is 17.7 Å². The van der Waals surface area contributed by atoms with Crippen LogP contribution in [0.25, 0.3) is 0 Å². The van der Waals surface area contributed by atoms with Crippen molar-refractivity contribution in [3.63, 3.8) is 0 Å². The van der Waals surface area contributed by atoms with Gasteiger partial charge in [-0.2, -0.15) is 0 Å². The number of nitrogens with zero attached hydrogens (tertiary/aromatic N) is 1. The molecule has 1 N–H and O–H groups in total. The Balaban J connectivity index is 2.57. The Kier molecular flexibility index (Phi) is 2.07. The molecule has 0 aliphatic carbocycles. The normalized spacial score (nSPS) is 10.8. The first-order chi connectivity index (χ1) is 4.43. The second-order valence-electron chi connectivity index (χ2n) is 1.75. The van der Waals surface area contributed by atoms with Gasteiger partial charge < -0.3 is 4.98 Å². The van der Waals surface area contributed by atoms with Crippen molar-refractivity contribution in [3.8, 4) is 0 Å². The summed E-state index contributed by atoms with van der Waals surface area (Å²) in [7, 11) is 0. The number of nitrogens with one attached hydrogen (secondary N) is 1. The van der Waals surface area contributed by atoms with Crippen molar-refractivity contribution in [2.45, 2.75) is 6.92 Å². The molecule has 2 nitrogen and oxygen atoms in total. The Labute approximate surface area is 54.6 Å². The predicted molar refractivity (Wildman–Crippen MR) is 38.9 cm³/mol. The highest BCUT2D eigenvalue weighted by molar-refractivity contribution is 5.76. The van der Waals surface area contributed by atoms with Gasteiger partial charge in [0.2, 0.25) is 0 Å². The topological polar surface area (TPSA) is 28.1 Å². The van der Waals surface area contributed by atoms with E-state index in [1.54, 1.807) is 0 Å². The van der Waals surface area contributed by atoms with Crippen molar-refractivity contribution in [2.24, 2.45) is 4.99 Å². The van der Waals surface area contributed by atoms with Crippen LogP contribution in [0, 0.1) is 0 Å². The summed E-state index contributed by atoms with van der Waals surface area (Å²) >= 11 is 0. The average molecular weight is 122 g/mol. The van der Waals surface area contributed by atoms with E-state index in [2.05, 4.69) is 9.98 Å². The highest BCUT2D eigenvalue weighted by Gasteiger charge is 1.80. The molecule has 2 heteroatoms. The number of aliphatic imine (C=N–C) groups is 1. The van der Waals surface area contributed by atoms with E-state index in [1.165, 1.54) is 0 Å². The summed E-state index contributed by atoms with van der Waals surface area (Å²) in [5.74, 6) is 0. The Morgan fingerprint density at radius 1 is 1.78 bits per heavy atom. The van der Waals surface area contributed by atoms with Crippen LogP contribution in [0.1, 0.15) is 12.6 Å². The van der Waals surface area contributed by atoms with Crippen LogP contribution in [0.5, 0.6) is 0 Å². The van der Waals surface area contributed by atoms with Crippen LogP contribution in [0.4, 0.5) is 0 Å². The van der Waals surface area contributed by atoms with Crippen molar-refractivity contribution in [1.82, 2.24) is 4.98 Å². The lowest BCUT2D eigenvalue weighted by molar-refractivity contribution is 1.14. The molecule has 0 saturated carbocycles. The minimum absolute atomic E-state index is 0.846. The summed E-state index contributed by atoms with van der Waals surface area (Å²) in [6.07, 6.45) is 3.72. The predicted octanol–water partition coefficient (Wildman–Crippen LogP) is 1.45. The summed E-state index contributed by atoms with van der Waals surface area (Å²) in [4.78, 5) is 7.08. The molecule has 0 aliphatic rings. The summed E-state index contributed by atoms with van der Waals surface area (Å²) in [6.45, 7) is 2.86. The highest BCUT2D eigenvalue weighted by atomic mass is 14.7. The quantitative estimate of drug-likeness (QED) is 0.575. The Bertz CT molecular complexity index is 175. The van der Waals surface area contributed by atoms with E-state index in [1.807, 2.05) is 31.5 Å². The molecule has 1 aromatic rings. The van der Waals surface area contributed by atoms with Gasteiger partial charge in [0.25, 0.3) is 0 Å². The molecule has 1 aromatic heterocycles. The molecule has 0 aromatic carbocycles. The molecule has 1 heterocycles. The molecular weight excluding hydrogens is 112 g/mol. The Hall–Kier alpha value is -1.05. The number of aromatic nitrogens is 1. The van der Waals surface area contributed by atoms with Crippen molar-refractivity contribution < 1.29 is 0 Å². The van der Waals surface area contributed by atoms with E-state index in [-0.39, 0.29) is 0 Å². The molecule has 0 atom stereocenters. The van der Waals surface area contributed by atoms with Crippen molar-refractivity contribution >= 4 is 6.21 Å². The summed E-state index contributed by atoms with van der Waals surface area (Å²) < 4.78 is 0. The molecule has 48 valence electrons. The maximum absolute atomic E-state index is 4.06. The van der Waals surface area contributed by atoms with Crippen LogP contribution in [-0.2, 0) is 0 Å². The maximum atomic E-state index is 4.06. The fourth-order valence-electron chi connectivity index (χ4n) is 0.614. The smallest absolute Gasteiger partial charge is 0.0561 e. The summed E-state index contributed by atoms with van der Waals surface area (Å²) in [5.41, 5.74) is 1.07. The molecule has 0 radical (unpaired) electrons. The second kappa shape index (κ2) is 3.07. The van der Waals surface area contributed by atoms with E-state index in [4.69, 9.17) is 0 Å². The minimum atomic E-state index is 0.846. The van der Waals surface area contributed by atoms with Gasteiger partial charge in [-0.05, 0) is 19.1 Å². The van der Waals surface area contributed by atoms with E-state index in [0.717, 1.165) is 12.2 Å². The zero-order valence-corrected chi connectivity index (χ0v) is 5.46. The van der Waals surface area contributed by atoms with E-state index in [0.29, 0.717) is 0 Å². The lowest BCUT2D eigenvalue weighted by Crippen LogP contribution is -1.79. The minimum Gasteiger partial charge on any atom is -0.360 e. The molecule has 0 fully saturated rings. The van der Waals surface area contributed by atoms with Gasteiger partial charge in [0.15, 0.2) is 0 Å². The molecule has 0 spiro atoms. The first kappa shape index (κ1) is 6.08. The SMILES string of the molecule is CCN=Cc1ccc[nH]1. The lowest BCUT2D eigenvalue weighted by Gasteiger charge is -1.81. The third-order valence-corrected chi connectivity index (χ3v) is 1.03. The van der Waals surface area contributed by atoms with Gasteiger partial charge in [0, 0.05) is 19.0 Å². The standard InChI is InChI=1S/C7H10N2/c1-2-8-6-7-4-3-5-9-7/h3-6,9H,2H2,1H3. The largest absolute Gasteiger partial charge is 0.360 e. The van der Waals surface area contributed by atoms with Gasteiger partial charge in [-0.15, -0.1) is 0 Å². The molecule has 0 unspecified atom stereocenters. The van der Waals surface area contributed by atoms with Gasteiger partial charge in [-0.3, -0.25) is 4.99 Å². The summed E-state index contributed by atoms with van der Waals surface area (Å²) in [6, 6.07) is 3.94. The fraction of sp³-hybridized carbons (Fsp3) is 0.286. The van der Waals surface area contributed by atoms with Crippen LogP contribution < -0.4 is 0 Å². The number of rotatable bonds is 2. The van der Waals surface area contributed by atoms with Gasteiger partial charge >= 0.3 is 0 Å². The average Bonchev–Trinajstić information content (AvgIpc) is 2.34. The third kappa shape index (κ3) is 1.72. The van der Waals surface area contributed by atoms with Crippen LogP contribution in [0.15, 0.2) is 23.3 Å². The molecule has 0 aliphatic heterocycles. The van der Waals surface area contributed by atoms with Crippen molar-refractivity contribution in [3.05, 3.63) is 24.0 Å². The zero-order chi connectivity index (χ0) is 6.53. The van der Waals surface area contributed by atoms with Gasteiger partial charge in [0.1, 0.15) is 0 Å². The molecule has 0 bridgehead atoms. The van der Waals surface area contributed by atoms with E-state index in [9.17, 15) is 0 Å². The Morgan fingerprint density at radius 3 is 3.22 bits per heavy atom. The van der Waals surface area contributed by atoms with Crippen LogP contribution >= 0.6 is 0 Å². The molecule has 9 heavy (non-hydrogen) atoms. The second-order valence-corrected chi connectivity index (χ2v) is 1.75. The Morgan fingerprint density at radius 2 is 2.67 bits per heavy atom. The number of hydrogen-bond donors (Lipinski definition) is 1. The van der Waals surface area contributed by atoms with E-state index < -0.39 is 0 Å². The number of aromatic amines is 1. The molecule has 0 saturated heterocycles. The van der Waals surface area contributed by atoms with Crippen LogP contribution in [0.2, 0.25) is 0 Å². The van der Waals surface area contributed by atoms with Gasteiger partial charge in [-0.1, -0.05) is 0 Å². The van der Waals surface area contributed by atoms with Crippen LogP contribution in [0.3, 0.4) is 0 Å². The van der Waals surface area contributed by atoms with Gasteiger partial charge in [0.05, 0.1) is 5.69 Å². The maximum Gasteiger partial charge on any atom is 0.0561 e. The van der Waals surface area contributed by atoms with Gasteiger partial charge in [-0.25, -0.2) is 0 Å². The fourth-order valence-corrected chi connectivity index (χ4v) is 0.614. The summed E-state index contributed by atoms with van der Waals surface area (Å²) in [5, 5.41) is 0. The van der Waals surface area contributed by atoms with Crippen molar-refractivity contribution in [2.75, 3.05) is 6.54 Å². The first-order valence-corrected chi connectivity index (χ1v) is 3.06. The highest BCUT2D eigenvalue weighted by Crippen LogP contribution is 1.88. The lowest BCUT2D eigenvalue weighted by atomic mass is 10.5.